The van der Waals surface area contributed by atoms with Crippen molar-refractivity contribution in [2.45, 2.75) is 13.3 Å². The lowest BCUT2D eigenvalue weighted by atomic mass is 10.1. The Balaban J connectivity index is 1.84. The first-order chi connectivity index (χ1) is 13.7. The second-order valence-corrected chi connectivity index (χ2v) is 5.86. The van der Waals surface area contributed by atoms with Crippen LogP contribution in [0.25, 0.3) is 11.3 Å². The number of carbonyl (C=O) groups is 1. The van der Waals surface area contributed by atoms with Crippen LogP contribution in [0.5, 0.6) is 0 Å². The van der Waals surface area contributed by atoms with Gasteiger partial charge in [0, 0.05) is 36.6 Å². The number of pyridine rings is 1. The molecule has 0 saturated heterocycles. The number of benzene rings is 1. The topological polar surface area (TPSA) is 101 Å². The smallest absolute Gasteiger partial charge is 0.341 e. The largest absolute Gasteiger partial charge is 0.462 e. The quantitative estimate of drug-likeness (QED) is 0.634. The van der Waals surface area contributed by atoms with Crippen molar-refractivity contribution < 1.29 is 9.53 Å². The Morgan fingerprint density at radius 3 is 2.68 bits per heavy atom. The predicted octanol–water partition coefficient (Wildman–Crippen LogP) is 3.24. The molecule has 140 valence electrons. The van der Waals surface area contributed by atoms with E-state index < -0.39 is 5.97 Å². The van der Waals surface area contributed by atoms with E-state index in [-0.39, 0.29) is 12.2 Å². The Hall–Kier alpha value is -3.79. The summed E-state index contributed by atoms with van der Waals surface area (Å²) in [6.45, 7) is 2.60. The van der Waals surface area contributed by atoms with Crippen LogP contribution in [-0.2, 0) is 11.2 Å². The van der Waals surface area contributed by atoms with Crippen LogP contribution in [0.3, 0.4) is 0 Å². The Morgan fingerprint density at radius 2 is 2.00 bits per heavy atom. The van der Waals surface area contributed by atoms with Crippen LogP contribution in [0.4, 0.5) is 5.95 Å². The molecule has 0 radical (unpaired) electrons. The van der Waals surface area contributed by atoms with Crippen LogP contribution >= 0.6 is 0 Å². The van der Waals surface area contributed by atoms with Gasteiger partial charge in [0.05, 0.1) is 23.9 Å². The number of rotatable bonds is 7. The summed E-state index contributed by atoms with van der Waals surface area (Å²) in [6, 6.07) is 14.7. The first-order valence-corrected chi connectivity index (χ1v) is 8.89. The van der Waals surface area contributed by atoms with E-state index in [0.29, 0.717) is 29.3 Å². The average molecular weight is 373 g/mol. The fourth-order valence-corrected chi connectivity index (χ4v) is 2.60. The van der Waals surface area contributed by atoms with Crippen LogP contribution in [0.15, 0.2) is 54.9 Å². The summed E-state index contributed by atoms with van der Waals surface area (Å²) < 4.78 is 5.11. The summed E-state index contributed by atoms with van der Waals surface area (Å²) in [7, 11) is 0. The Bertz CT molecular complexity index is 982. The molecule has 0 saturated carbocycles. The molecule has 3 aromatic rings. The second-order valence-electron chi connectivity index (χ2n) is 5.86. The lowest BCUT2D eigenvalue weighted by Crippen LogP contribution is -2.13. The van der Waals surface area contributed by atoms with Crippen molar-refractivity contribution in [1.82, 2.24) is 15.0 Å². The molecule has 2 heterocycles. The van der Waals surface area contributed by atoms with Crippen LogP contribution in [0.2, 0.25) is 0 Å². The summed E-state index contributed by atoms with van der Waals surface area (Å²) in [5.41, 5.74) is 2.94. The zero-order valence-corrected chi connectivity index (χ0v) is 15.4. The maximum Gasteiger partial charge on any atom is 0.341 e. The first kappa shape index (κ1) is 19.0. The molecule has 2 aromatic heterocycles. The van der Waals surface area contributed by atoms with Crippen LogP contribution < -0.4 is 5.32 Å². The summed E-state index contributed by atoms with van der Waals surface area (Å²) >= 11 is 0. The van der Waals surface area contributed by atoms with Gasteiger partial charge in [-0.1, -0.05) is 18.2 Å². The van der Waals surface area contributed by atoms with Gasteiger partial charge < -0.3 is 10.1 Å². The first-order valence-electron chi connectivity index (χ1n) is 8.89. The molecule has 0 atom stereocenters. The molecule has 0 aliphatic heterocycles. The minimum absolute atomic E-state index is 0.260. The summed E-state index contributed by atoms with van der Waals surface area (Å²) in [5, 5.41) is 12.1. The van der Waals surface area contributed by atoms with E-state index in [0.717, 1.165) is 12.1 Å². The SMILES string of the molecule is CCOC(=O)c1cnc(NCCc2ccccn2)nc1-c1ccc(C#N)cc1. The van der Waals surface area contributed by atoms with Gasteiger partial charge in [0.2, 0.25) is 5.95 Å². The molecule has 0 aliphatic carbocycles. The van der Waals surface area contributed by atoms with Gasteiger partial charge in [-0.3, -0.25) is 4.98 Å². The zero-order chi connectivity index (χ0) is 19.8. The number of hydrogen-bond donors (Lipinski definition) is 1. The molecule has 7 heteroatoms. The molecule has 1 aromatic carbocycles. The molecular weight excluding hydrogens is 354 g/mol. The highest BCUT2D eigenvalue weighted by atomic mass is 16.5. The Labute approximate surface area is 163 Å². The number of ether oxygens (including phenoxy) is 1. The molecule has 7 nitrogen and oxygen atoms in total. The highest BCUT2D eigenvalue weighted by molar-refractivity contribution is 5.96. The van der Waals surface area contributed by atoms with E-state index in [9.17, 15) is 4.79 Å². The summed E-state index contributed by atoms with van der Waals surface area (Å²) in [5.74, 6) is -0.0785. The fourth-order valence-electron chi connectivity index (χ4n) is 2.60. The van der Waals surface area contributed by atoms with Crippen molar-refractivity contribution in [1.29, 1.82) is 5.26 Å². The van der Waals surface area contributed by atoms with Gasteiger partial charge in [-0.2, -0.15) is 5.26 Å². The number of esters is 1. The van der Waals surface area contributed by atoms with Gasteiger partial charge in [-0.25, -0.2) is 14.8 Å². The van der Waals surface area contributed by atoms with Crippen molar-refractivity contribution in [3.63, 3.8) is 0 Å². The van der Waals surface area contributed by atoms with Crippen molar-refractivity contribution in [3.8, 4) is 17.3 Å². The van der Waals surface area contributed by atoms with E-state index in [4.69, 9.17) is 10.00 Å². The Kier molecular flexibility index (Phi) is 6.26. The maximum absolute atomic E-state index is 12.3. The van der Waals surface area contributed by atoms with Crippen molar-refractivity contribution in [3.05, 3.63) is 71.7 Å². The molecule has 28 heavy (non-hydrogen) atoms. The second kappa shape index (κ2) is 9.24. The zero-order valence-electron chi connectivity index (χ0n) is 15.4. The summed E-state index contributed by atoms with van der Waals surface area (Å²) in [4.78, 5) is 25.3. The van der Waals surface area contributed by atoms with Gasteiger partial charge in [-0.05, 0) is 31.2 Å². The molecule has 0 fully saturated rings. The molecule has 0 unspecified atom stereocenters. The lowest BCUT2D eigenvalue weighted by Gasteiger charge is -2.11. The Morgan fingerprint density at radius 1 is 1.18 bits per heavy atom. The van der Waals surface area contributed by atoms with Gasteiger partial charge >= 0.3 is 5.97 Å². The highest BCUT2D eigenvalue weighted by Gasteiger charge is 2.17. The molecule has 0 aliphatic rings. The summed E-state index contributed by atoms with van der Waals surface area (Å²) in [6.07, 6.45) is 3.93. The van der Waals surface area contributed by atoms with Gasteiger partial charge in [0.1, 0.15) is 5.56 Å². The number of nitriles is 1. The van der Waals surface area contributed by atoms with E-state index in [1.54, 1.807) is 37.4 Å². The normalized spacial score (nSPS) is 10.1. The van der Waals surface area contributed by atoms with Crippen LogP contribution in [-0.4, -0.2) is 34.1 Å². The molecule has 0 bridgehead atoms. The predicted molar refractivity (Wildman–Crippen MR) is 105 cm³/mol. The molecule has 0 amide bonds. The maximum atomic E-state index is 12.3. The monoisotopic (exact) mass is 373 g/mol. The minimum atomic E-state index is -0.484. The van der Waals surface area contributed by atoms with Gasteiger partial charge in [0.25, 0.3) is 0 Å². The number of aromatic nitrogens is 3. The molecule has 0 spiro atoms. The number of nitrogens with one attached hydrogen (secondary N) is 1. The van der Waals surface area contributed by atoms with E-state index >= 15 is 0 Å². The number of carbonyl (C=O) groups excluding carboxylic acids is 1. The molecular formula is C21H19N5O2. The fraction of sp³-hybridized carbons (Fsp3) is 0.190. The van der Waals surface area contributed by atoms with Crippen LogP contribution in [0, 0.1) is 11.3 Å². The van der Waals surface area contributed by atoms with E-state index in [2.05, 4.69) is 26.3 Å². The van der Waals surface area contributed by atoms with Crippen molar-refractivity contribution in [2.75, 3.05) is 18.5 Å². The number of nitrogens with zero attached hydrogens (tertiary/aromatic N) is 4. The number of anilines is 1. The van der Waals surface area contributed by atoms with E-state index in [1.807, 2.05) is 18.2 Å². The average Bonchev–Trinajstić information content (AvgIpc) is 2.74. The van der Waals surface area contributed by atoms with Gasteiger partial charge in [-0.15, -0.1) is 0 Å². The third kappa shape index (κ3) is 4.68. The molecule has 3 rings (SSSR count). The third-order valence-corrected chi connectivity index (χ3v) is 3.96. The standard InChI is InChI=1S/C21H19N5O2/c1-2-28-20(27)18-14-25-21(24-12-10-17-5-3-4-11-23-17)26-19(18)16-8-6-15(13-22)7-9-16/h3-9,11,14H,2,10,12H2,1H3,(H,24,25,26). The minimum Gasteiger partial charge on any atom is -0.462 e. The number of hydrogen-bond acceptors (Lipinski definition) is 7. The highest BCUT2D eigenvalue weighted by Crippen LogP contribution is 2.23. The lowest BCUT2D eigenvalue weighted by molar-refractivity contribution is 0.0526. The molecule has 1 N–H and O–H groups in total. The van der Waals surface area contributed by atoms with Gasteiger partial charge in [0.15, 0.2) is 0 Å². The van der Waals surface area contributed by atoms with Crippen LogP contribution in [0.1, 0.15) is 28.5 Å². The van der Waals surface area contributed by atoms with Crippen molar-refractivity contribution in [2.24, 2.45) is 0 Å². The third-order valence-electron chi connectivity index (χ3n) is 3.96. The van der Waals surface area contributed by atoms with E-state index in [1.165, 1.54) is 6.20 Å². The van der Waals surface area contributed by atoms with Crippen molar-refractivity contribution >= 4 is 11.9 Å².